The van der Waals surface area contributed by atoms with Crippen molar-refractivity contribution in [1.82, 2.24) is 14.7 Å². The van der Waals surface area contributed by atoms with Crippen LogP contribution in [0.5, 0.6) is 0 Å². The van der Waals surface area contributed by atoms with Crippen LogP contribution in [0.1, 0.15) is 45.6 Å². The SMILES string of the molecule is CC(C)(C)OC(=O)NC1(c2ccc(-c3nc4ccc(Br)cn4c3-c3ccccc3)cc2)CCC1. The molecule has 0 aliphatic heterocycles. The Morgan fingerprint density at radius 2 is 1.71 bits per heavy atom. The average molecular weight is 518 g/mol. The fourth-order valence-corrected chi connectivity index (χ4v) is 4.89. The van der Waals surface area contributed by atoms with Gasteiger partial charge in [-0.1, -0.05) is 54.6 Å². The lowest BCUT2D eigenvalue weighted by atomic mass is 9.71. The number of nitrogens with one attached hydrogen (secondary N) is 1. The van der Waals surface area contributed by atoms with Gasteiger partial charge in [-0.15, -0.1) is 0 Å². The first kappa shape index (κ1) is 22.7. The minimum Gasteiger partial charge on any atom is -0.444 e. The Hall–Kier alpha value is -3.12. The summed E-state index contributed by atoms with van der Waals surface area (Å²) in [6, 6.07) is 22.8. The Bertz CT molecular complexity index is 1330. The second-order valence-electron chi connectivity index (χ2n) is 9.89. The Labute approximate surface area is 208 Å². The molecule has 1 saturated carbocycles. The Kier molecular flexibility index (Phi) is 5.72. The molecule has 1 amide bonds. The summed E-state index contributed by atoms with van der Waals surface area (Å²) in [5.41, 5.74) is 5.22. The lowest BCUT2D eigenvalue weighted by molar-refractivity contribution is 0.0377. The highest BCUT2D eigenvalue weighted by Crippen LogP contribution is 2.42. The molecule has 1 fully saturated rings. The summed E-state index contributed by atoms with van der Waals surface area (Å²) in [7, 11) is 0. The molecule has 2 heterocycles. The van der Waals surface area contributed by atoms with Gasteiger partial charge in [0.15, 0.2) is 0 Å². The van der Waals surface area contributed by atoms with Crippen LogP contribution in [0, 0.1) is 0 Å². The van der Waals surface area contributed by atoms with Gasteiger partial charge in [0.1, 0.15) is 11.2 Å². The summed E-state index contributed by atoms with van der Waals surface area (Å²) in [6.07, 6.45) is 4.58. The normalized spacial score (nSPS) is 15.1. The molecule has 1 N–H and O–H groups in total. The second-order valence-corrected chi connectivity index (χ2v) is 10.8. The summed E-state index contributed by atoms with van der Waals surface area (Å²) >= 11 is 3.59. The number of carbonyl (C=O) groups excluding carboxylic acids is 1. The largest absolute Gasteiger partial charge is 0.444 e. The van der Waals surface area contributed by atoms with Crippen LogP contribution >= 0.6 is 15.9 Å². The number of carbonyl (C=O) groups is 1. The number of ether oxygens (including phenoxy) is 1. The van der Waals surface area contributed by atoms with E-state index in [0.717, 1.165) is 57.5 Å². The van der Waals surface area contributed by atoms with Crippen LogP contribution in [0.25, 0.3) is 28.2 Å². The van der Waals surface area contributed by atoms with Crippen LogP contribution < -0.4 is 5.32 Å². The number of aromatic nitrogens is 2. The summed E-state index contributed by atoms with van der Waals surface area (Å²) < 4.78 is 8.65. The maximum absolute atomic E-state index is 12.5. The molecule has 0 atom stereocenters. The lowest BCUT2D eigenvalue weighted by Gasteiger charge is -2.43. The molecule has 2 aromatic heterocycles. The Morgan fingerprint density at radius 1 is 1.00 bits per heavy atom. The van der Waals surface area contributed by atoms with E-state index in [4.69, 9.17) is 9.72 Å². The van der Waals surface area contributed by atoms with Gasteiger partial charge in [0.05, 0.1) is 16.9 Å². The minimum atomic E-state index is -0.523. The molecule has 1 aliphatic rings. The summed E-state index contributed by atoms with van der Waals surface area (Å²) in [6.45, 7) is 5.64. The molecule has 0 spiro atoms. The van der Waals surface area contributed by atoms with Crippen molar-refractivity contribution < 1.29 is 9.53 Å². The van der Waals surface area contributed by atoms with E-state index in [1.807, 2.05) is 51.1 Å². The van der Waals surface area contributed by atoms with Gasteiger partial charge in [-0.3, -0.25) is 4.40 Å². The maximum atomic E-state index is 12.5. The van der Waals surface area contributed by atoms with Crippen LogP contribution in [-0.2, 0) is 10.3 Å². The number of imidazole rings is 1. The van der Waals surface area contributed by atoms with E-state index in [0.29, 0.717) is 0 Å². The van der Waals surface area contributed by atoms with Gasteiger partial charge >= 0.3 is 6.09 Å². The van der Waals surface area contributed by atoms with Crippen LogP contribution in [0.4, 0.5) is 4.79 Å². The van der Waals surface area contributed by atoms with E-state index in [1.165, 1.54) is 0 Å². The highest BCUT2D eigenvalue weighted by atomic mass is 79.9. The molecule has 34 heavy (non-hydrogen) atoms. The molecule has 5 nitrogen and oxygen atoms in total. The highest BCUT2D eigenvalue weighted by Gasteiger charge is 2.41. The van der Waals surface area contributed by atoms with Crippen molar-refractivity contribution in [3.63, 3.8) is 0 Å². The van der Waals surface area contributed by atoms with E-state index in [2.05, 4.69) is 68.2 Å². The van der Waals surface area contributed by atoms with Crippen molar-refractivity contribution in [3.05, 3.63) is 83.0 Å². The van der Waals surface area contributed by atoms with Gasteiger partial charge in [-0.25, -0.2) is 9.78 Å². The third-order valence-corrected chi connectivity index (χ3v) is 6.76. The standard InChI is InChI=1S/C28H28BrN3O2/c1-27(2,3)34-26(33)31-28(16-7-17-28)21-12-10-19(11-13-21)24-25(20-8-5-4-6-9-20)32-18-22(29)14-15-23(32)30-24/h4-6,8-15,18H,7,16-17H2,1-3H3,(H,31,33). The highest BCUT2D eigenvalue weighted by molar-refractivity contribution is 9.10. The number of halogens is 1. The lowest BCUT2D eigenvalue weighted by Crippen LogP contribution is -2.52. The number of alkyl carbamates (subject to hydrolysis) is 1. The maximum Gasteiger partial charge on any atom is 0.408 e. The fraction of sp³-hybridized carbons (Fsp3) is 0.286. The molecule has 6 heteroatoms. The zero-order chi connectivity index (χ0) is 23.9. The number of rotatable bonds is 4. The second kappa shape index (κ2) is 8.58. The van der Waals surface area contributed by atoms with Crippen molar-refractivity contribution in [3.8, 4) is 22.5 Å². The van der Waals surface area contributed by atoms with Crippen LogP contribution in [0.2, 0.25) is 0 Å². The third-order valence-electron chi connectivity index (χ3n) is 6.29. The Balaban J connectivity index is 1.52. The van der Waals surface area contributed by atoms with Crippen LogP contribution in [0.15, 0.2) is 77.4 Å². The average Bonchev–Trinajstić information content (AvgIpc) is 3.14. The van der Waals surface area contributed by atoms with Gasteiger partial charge in [-0.2, -0.15) is 0 Å². The first-order chi connectivity index (χ1) is 16.2. The van der Waals surface area contributed by atoms with E-state index in [1.54, 1.807) is 0 Å². The minimum absolute atomic E-state index is 0.367. The molecule has 5 rings (SSSR count). The number of pyridine rings is 1. The predicted octanol–water partition coefficient (Wildman–Crippen LogP) is 7.33. The molecule has 2 aromatic carbocycles. The van der Waals surface area contributed by atoms with Crippen LogP contribution in [0.3, 0.4) is 0 Å². The monoisotopic (exact) mass is 517 g/mol. The van der Waals surface area contributed by atoms with Crippen molar-refractivity contribution in [2.75, 3.05) is 0 Å². The molecule has 0 bridgehead atoms. The molecular formula is C28H28BrN3O2. The number of benzene rings is 2. The zero-order valence-electron chi connectivity index (χ0n) is 19.6. The van der Waals surface area contributed by atoms with E-state index >= 15 is 0 Å². The molecular weight excluding hydrogens is 490 g/mol. The smallest absolute Gasteiger partial charge is 0.408 e. The van der Waals surface area contributed by atoms with Crippen molar-refractivity contribution in [2.45, 2.75) is 51.2 Å². The third kappa shape index (κ3) is 4.34. The first-order valence-electron chi connectivity index (χ1n) is 11.6. The quantitative estimate of drug-likeness (QED) is 0.308. The molecule has 1 aliphatic carbocycles. The molecule has 4 aromatic rings. The van der Waals surface area contributed by atoms with E-state index in [9.17, 15) is 4.79 Å². The molecule has 0 saturated heterocycles. The number of hydrogen-bond acceptors (Lipinski definition) is 3. The first-order valence-corrected chi connectivity index (χ1v) is 12.4. The fourth-order valence-electron chi connectivity index (χ4n) is 4.55. The Morgan fingerprint density at radius 3 is 2.32 bits per heavy atom. The van der Waals surface area contributed by atoms with Gasteiger partial charge < -0.3 is 10.1 Å². The van der Waals surface area contributed by atoms with Crippen molar-refractivity contribution in [1.29, 1.82) is 0 Å². The number of nitrogens with zero attached hydrogens (tertiary/aromatic N) is 2. The molecule has 0 unspecified atom stereocenters. The van der Waals surface area contributed by atoms with Crippen molar-refractivity contribution in [2.24, 2.45) is 0 Å². The molecule has 0 radical (unpaired) electrons. The van der Waals surface area contributed by atoms with Crippen molar-refractivity contribution >= 4 is 27.7 Å². The topological polar surface area (TPSA) is 55.6 Å². The number of fused-ring (bicyclic) bond motifs is 1. The van der Waals surface area contributed by atoms with E-state index in [-0.39, 0.29) is 11.6 Å². The predicted molar refractivity (Wildman–Crippen MR) is 139 cm³/mol. The van der Waals surface area contributed by atoms with Gasteiger partial charge in [0.2, 0.25) is 0 Å². The molecule has 174 valence electrons. The summed E-state index contributed by atoms with van der Waals surface area (Å²) in [4.78, 5) is 17.5. The van der Waals surface area contributed by atoms with Gasteiger partial charge in [0, 0.05) is 21.8 Å². The number of amides is 1. The van der Waals surface area contributed by atoms with Gasteiger partial charge in [0.25, 0.3) is 0 Å². The number of hydrogen-bond donors (Lipinski definition) is 1. The van der Waals surface area contributed by atoms with Crippen LogP contribution in [-0.4, -0.2) is 21.1 Å². The summed E-state index contributed by atoms with van der Waals surface area (Å²) in [5.74, 6) is 0. The summed E-state index contributed by atoms with van der Waals surface area (Å²) in [5, 5.41) is 3.14. The van der Waals surface area contributed by atoms with E-state index < -0.39 is 5.60 Å². The zero-order valence-corrected chi connectivity index (χ0v) is 21.2. The van der Waals surface area contributed by atoms with Gasteiger partial charge in [-0.05, 0) is 73.7 Å².